The largest absolute Gasteiger partial charge is 0.414 e. The SMILES string of the molecule is CCOC(OCC)c1cnnn1[C@@H]1O[C@H](CO[Si](C)(C)C(C)(C)C)C2(OS(=O)(=O)C=C2N)[C@H]1O[Si](C)(C)C(C)(C)C. The number of rotatable bonds is 11. The Morgan fingerprint density at radius 3 is 2.07 bits per heavy atom. The molecule has 1 fully saturated rings. The average Bonchev–Trinajstić information content (AvgIpc) is 3.46. The minimum absolute atomic E-state index is 0.000345. The molecule has 3 rings (SSSR count). The zero-order valence-electron chi connectivity index (χ0n) is 26.7. The van der Waals surface area contributed by atoms with Crippen molar-refractivity contribution in [3.8, 4) is 0 Å². The van der Waals surface area contributed by atoms with E-state index >= 15 is 0 Å². The van der Waals surface area contributed by atoms with Gasteiger partial charge in [0.2, 0.25) is 6.29 Å². The highest BCUT2D eigenvalue weighted by atomic mass is 32.2. The van der Waals surface area contributed by atoms with Crippen LogP contribution in [0, 0.1) is 0 Å². The third-order valence-electron chi connectivity index (χ3n) is 8.79. The van der Waals surface area contributed by atoms with Crippen molar-refractivity contribution in [3.05, 3.63) is 23.0 Å². The van der Waals surface area contributed by atoms with Crippen LogP contribution in [-0.4, -0.2) is 77.7 Å². The van der Waals surface area contributed by atoms with Crippen LogP contribution < -0.4 is 5.73 Å². The van der Waals surface area contributed by atoms with E-state index in [2.05, 4.69) is 78.0 Å². The molecule has 1 unspecified atom stereocenters. The molecule has 1 aromatic heterocycles. The molecule has 0 bridgehead atoms. The van der Waals surface area contributed by atoms with Crippen molar-refractivity contribution in [2.24, 2.45) is 5.73 Å². The van der Waals surface area contributed by atoms with Crippen molar-refractivity contribution >= 4 is 26.8 Å². The van der Waals surface area contributed by atoms with Gasteiger partial charge in [0.1, 0.15) is 17.9 Å². The van der Waals surface area contributed by atoms with Crippen LogP contribution in [0.5, 0.6) is 0 Å². The molecule has 0 saturated carbocycles. The van der Waals surface area contributed by atoms with E-state index in [0.717, 1.165) is 5.41 Å². The summed E-state index contributed by atoms with van der Waals surface area (Å²) in [6, 6.07) is 0. The van der Waals surface area contributed by atoms with Gasteiger partial charge in [0.15, 0.2) is 28.5 Å². The maximum atomic E-state index is 13.0. The summed E-state index contributed by atoms with van der Waals surface area (Å²) in [5.41, 5.74) is 5.38. The quantitative estimate of drug-likeness (QED) is 0.208. The molecule has 2 aliphatic heterocycles. The third kappa shape index (κ3) is 6.67. The summed E-state index contributed by atoms with van der Waals surface area (Å²) >= 11 is 0. The molecule has 4 atom stereocenters. The van der Waals surface area contributed by atoms with Crippen LogP contribution in [-0.2, 0) is 37.4 Å². The molecule has 0 aromatic carbocycles. The summed E-state index contributed by atoms with van der Waals surface area (Å²) < 4.78 is 65.3. The third-order valence-corrected chi connectivity index (χ3v) is 18.8. The van der Waals surface area contributed by atoms with E-state index in [-0.39, 0.29) is 22.4 Å². The maximum absolute atomic E-state index is 13.0. The molecular formula is C26H50N4O8SSi2. The van der Waals surface area contributed by atoms with E-state index in [0.29, 0.717) is 18.9 Å². The summed E-state index contributed by atoms with van der Waals surface area (Å²) in [5.74, 6) is 0. The molecule has 0 radical (unpaired) electrons. The number of nitrogens with zero attached hydrogens (tertiary/aromatic N) is 3. The Labute approximate surface area is 247 Å². The first-order chi connectivity index (χ1) is 18.6. The molecule has 1 saturated heterocycles. The van der Waals surface area contributed by atoms with Crippen LogP contribution in [0.25, 0.3) is 0 Å². The van der Waals surface area contributed by atoms with Gasteiger partial charge in [-0.1, -0.05) is 46.8 Å². The topological polar surface area (TPSA) is 146 Å². The molecule has 2 aliphatic rings. The molecule has 12 nitrogen and oxygen atoms in total. The molecule has 1 aromatic rings. The van der Waals surface area contributed by atoms with Crippen molar-refractivity contribution in [1.29, 1.82) is 0 Å². The van der Waals surface area contributed by atoms with E-state index in [1.54, 1.807) is 6.20 Å². The van der Waals surface area contributed by atoms with Gasteiger partial charge in [-0.25, -0.2) is 8.86 Å². The summed E-state index contributed by atoms with van der Waals surface area (Å²) in [7, 11) is -9.00. The number of hydrogen-bond donors (Lipinski definition) is 1. The Bertz CT molecular complexity index is 1200. The molecule has 15 heteroatoms. The fraction of sp³-hybridized carbons (Fsp3) is 0.846. The van der Waals surface area contributed by atoms with Gasteiger partial charge in [0.05, 0.1) is 23.9 Å². The highest BCUT2D eigenvalue weighted by Gasteiger charge is 2.67. The molecule has 1 spiro atoms. The molecular weight excluding hydrogens is 585 g/mol. The van der Waals surface area contributed by atoms with Crippen LogP contribution >= 0.6 is 0 Å². The van der Waals surface area contributed by atoms with Crippen molar-refractivity contribution in [2.75, 3.05) is 19.8 Å². The Balaban J connectivity index is 2.21. The molecule has 236 valence electrons. The van der Waals surface area contributed by atoms with Gasteiger partial charge >= 0.3 is 0 Å². The Hall–Kier alpha value is -1.18. The number of ether oxygens (including phenoxy) is 3. The fourth-order valence-corrected chi connectivity index (χ4v) is 7.84. The Morgan fingerprint density at radius 2 is 1.61 bits per heavy atom. The molecule has 2 N–H and O–H groups in total. The summed E-state index contributed by atoms with van der Waals surface area (Å²) in [5, 5.41) is 9.11. The highest BCUT2D eigenvalue weighted by molar-refractivity contribution is 7.90. The highest BCUT2D eigenvalue weighted by Crippen LogP contribution is 2.52. The molecule has 41 heavy (non-hydrogen) atoms. The van der Waals surface area contributed by atoms with Gasteiger partial charge in [0, 0.05) is 13.2 Å². The molecule has 3 heterocycles. The second-order valence-corrected chi connectivity index (χ2v) is 24.6. The minimum atomic E-state index is -4.13. The van der Waals surface area contributed by atoms with Crippen molar-refractivity contribution in [3.63, 3.8) is 0 Å². The second kappa shape index (κ2) is 11.7. The standard InChI is InChI=1S/C26H50N4O8SSi2/c1-13-33-23(34-14-2)18-15-28-29-30(18)22-21(37-41(11,12)25(6,7)8)26(19(27)17-39(31,32)38-26)20(36-22)16-35-40(9,10)24(3,4)5/h15,17,20-23H,13-14,16,27H2,1-12H3/t20-,21+,22-,26?/m1/s1. The van der Waals surface area contributed by atoms with E-state index in [1.807, 2.05) is 13.8 Å². The smallest absolute Gasteiger partial charge is 0.292 e. The lowest BCUT2D eigenvalue weighted by molar-refractivity contribution is -0.150. The van der Waals surface area contributed by atoms with Gasteiger partial charge in [-0.05, 0) is 50.1 Å². The number of aromatic nitrogens is 3. The van der Waals surface area contributed by atoms with Crippen molar-refractivity contribution < 1.29 is 35.7 Å². The first kappa shape index (κ1) is 34.3. The molecule has 0 aliphatic carbocycles. The molecule has 0 amide bonds. The summed E-state index contributed by atoms with van der Waals surface area (Å²) in [6.45, 7) is 25.6. The van der Waals surface area contributed by atoms with E-state index < -0.39 is 57.1 Å². The lowest BCUT2D eigenvalue weighted by Gasteiger charge is -2.43. The summed E-state index contributed by atoms with van der Waals surface area (Å²) in [4.78, 5) is 0. The average molecular weight is 635 g/mol. The number of nitrogens with two attached hydrogens (primary N) is 1. The second-order valence-electron chi connectivity index (χ2n) is 13.7. The first-order valence-electron chi connectivity index (χ1n) is 14.2. The van der Waals surface area contributed by atoms with Gasteiger partial charge in [-0.15, -0.1) is 5.10 Å². The van der Waals surface area contributed by atoms with E-state index in [9.17, 15) is 8.42 Å². The Kier molecular flexibility index (Phi) is 9.81. The fourth-order valence-electron chi connectivity index (χ4n) is 4.33. The van der Waals surface area contributed by atoms with Crippen LogP contribution in [0.1, 0.15) is 73.6 Å². The van der Waals surface area contributed by atoms with E-state index in [4.69, 9.17) is 33.0 Å². The predicted octanol–water partition coefficient (Wildman–Crippen LogP) is 4.56. The van der Waals surface area contributed by atoms with Gasteiger partial charge in [0.25, 0.3) is 10.1 Å². The lowest BCUT2D eigenvalue weighted by Crippen LogP contribution is -2.59. The first-order valence-corrected chi connectivity index (χ1v) is 21.5. The van der Waals surface area contributed by atoms with Gasteiger partial charge < -0.3 is 28.8 Å². The lowest BCUT2D eigenvalue weighted by atomic mass is 9.89. The van der Waals surface area contributed by atoms with Crippen LogP contribution in [0.4, 0.5) is 0 Å². The van der Waals surface area contributed by atoms with Crippen LogP contribution in [0.2, 0.25) is 36.3 Å². The summed E-state index contributed by atoms with van der Waals surface area (Å²) in [6.07, 6.45) is -2.15. The predicted molar refractivity (Wildman–Crippen MR) is 160 cm³/mol. The Morgan fingerprint density at radius 1 is 1.05 bits per heavy atom. The normalized spacial score (nSPS) is 27.2. The van der Waals surface area contributed by atoms with Crippen LogP contribution in [0.3, 0.4) is 0 Å². The monoisotopic (exact) mass is 634 g/mol. The van der Waals surface area contributed by atoms with Crippen LogP contribution in [0.15, 0.2) is 17.3 Å². The van der Waals surface area contributed by atoms with Crippen molar-refractivity contribution in [1.82, 2.24) is 15.0 Å². The maximum Gasteiger partial charge on any atom is 0.292 e. The minimum Gasteiger partial charge on any atom is -0.414 e. The van der Waals surface area contributed by atoms with Crippen molar-refractivity contribution in [2.45, 2.75) is 122 Å². The zero-order chi connectivity index (χ0) is 31.2. The number of hydrogen-bond acceptors (Lipinski definition) is 11. The zero-order valence-corrected chi connectivity index (χ0v) is 29.5. The van der Waals surface area contributed by atoms with Gasteiger partial charge in [-0.2, -0.15) is 8.42 Å². The van der Waals surface area contributed by atoms with Gasteiger partial charge in [-0.3, -0.25) is 0 Å². The van der Waals surface area contributed by atoms with E-state index in [1.165, 1.54) is 4.68 Å².